The summed E-state index contributed by atoms with van der Waals surface area (Å²) in [5.74, 6) is 1.99. The molecular formula is C19H40. The maximum absolute atomic E-state index is 2.42. The van der Waals surface area contributed by atoms with E-state index in [0.29, 0.717) is 0 Å². The van der Waals surface area contributed by atoms with Crippen LogP contribution in [0.3, 0.4) is 0 Å². The molecular weight excluding hydrogens is 228 g/mol. The zero-order valence-corrected chi connectivity index (χ0v) is 14.3. The fourth-order valence-electron chi connectivity index (χ4n) is 3.25. The summed E-state index contributed by atoms with van der Waals surface area (Å²) in [7, 11) is 0. The van der Waals surface area contributed by atoms with E-state index in [2.05, 4.69) is 27.7 Å². The molecule has 0 aliphatic carbocycles. The zero-order chi connectivity index (χ0) is 14.3. The Labute approximate surface area is 123 Å². The molecule has 0 aliphatic heterocycles. The van der Waals surface area contributed by atoms with Crippen molar-refractivity contribution in [3.63, 3.8) is 0 Å². The lowest BCUT2D eigenvalue weighted by atomic mass is 9.91. The van der Waals surface area contributed by atoms with E-state index in [1.807, 2.05) is 0 Å². The van der Waals surface area contributed by atoms with Gasteiger partial charge in [0.05, 0.1) is 0 Å². The van der Waals surface area contributed by atoms with Crippen molar-refractivity contribution < 1.29 is 0 Å². The molecule has 0 N–H and O–H groups in total. The third-order valence-electron chi connectivity index (χ3n) is 4.50. The van der Waals surface area contributed by atoms with Gasteiger partial charge in [0.25, 0.3) is 0 Å². The van der Waals surface area contributed by atoms with Gasteiger partial charge in [0.2, 0.25) is 0 Å². The minimum absolute atomic E-state index is 0.961. The Bertz CT molecular complexity index is 161. The number of unbranched alkanes of at least 4 members (excludes halogenated alkanes) is 4. The van der Waals surface area contributed by atoms with Crippen molar-refractivity contribution >= 4 is 0 Å². The molecule has 0 spiro atoms. The smallest absolute Gasteiger partial charge is 0.0414 e. The van der Waals surface area contributed by atoms with Crippen molar-refractivity contribution in [3.05, 3.63) is 0 Å². The summed E-state index contributed by atoms with van der Waals surface area (Å²) in [6, 6.07) is 0. The minimum atomic E-state index is 0.961. The molecule has 0 fully saturated rings. The second kappa shape index (κ2) is 14.4. The van der Waals surface area contributed by atoms with Crippen LogP contribution in [0.1, 0.15) is 111 Å². The van der Waals surface area contributed by atoms with Crippen LogP contribution in [0.5, 0.6) is 0 Å². The summed E-state index contributed by atoms with van der Waals surface area (Å²) in [6.45, 7) is 9.39. The molecule has 0 aromatic carbocycles. The van der Waals surface area contributed by atoms with Gasteiger partial charge in [0, 0.05) is 0 Å². The molecule has 0 bridgehead atoms. The van der Waals surface area contributed by atoms with Gasteiger partial charge in [-0.05, 0) is 11.8 Å². The molecule has 19 heavy (non-hydrogen) atoms. The lowest BCUT2D eigenvalue weighted by Crippen LogP contribution is -2.00. The highest BCUT2D eigenvalue weighted by molar-refractivity contribution is 4.60. The van der Waals surface area contributed by atoms with Gasteiger partial charge in [-0.15, -0.1) is 0 Å². The van der Waals surface area contributed by atoms with Crippen molar-refractivity contribution in [2.24, 2.45) is 11.8 Å². The second-order valence-corrected chi connectivity index (χ2v) is 6.68. The Hall–Kier alpha value is 0. The first kappa shape index (κ1) is 19.0. The van der Waals surface area contributed by atoms with Crippen LogP contribution in [0.15, 0.2) is 0 Å². The fourth-order valence-corrected chi connectivity index (χ4v) is 3.25. The van der Waals surface area contributed by atoms with Crippen molar-refractivity contribution in [2.75, 3.05) is 0 Å². The summed E-state index contributed by atoms with van der Waals surface area (Å²) < 4.78 is 0. The standard InChI is InChI=1S/C19H40/c1-5-8-16-19(14-7-3)17-12-10-9-11-15-18(4)13-6-2/h18-19H,5-17H2,1-4H3. The van der Waals surface area contributed by atoms with E-state index in [9.17, 15) is 0 Å². The van der Waals surface area contributed by atoms with Crippen LogP contribution >= 0.6 is 0 Å². The van der Waals surface area contributed by atoms with Gasteiger partial charge in [-0.2, -0.15) is 0 Å². The van der Waals surface area contributed by atoms with Crippen LogP contribution in [-0.2, 0) is 0 Å². The van der Waals surface area contributed by atoms with Gasteiger partial charge >= 0.3 is 0 Å². The summed E-state index contributed by atoms with van der Waals surface area (Å²) in [6.07, 6.45) is 18.8. The predicted octanol–water partition coefficient (Wildman–Crippen LogP) is 7.37. The van der Waals surface area contributed by atoms with E-state index in [4.69, 9.17) is 0 Å². The molecule has 0 radical (unpaired) electrons. The molecule has 0 aliphatic rings. The molecule has 116 valence electrons. The highest BCUT2D eigenvalue weighted by Crippen LogP contribution is 2.22. The SMILES string of the molecule is CCCCC(CCC)CCCCCCC(C)CCC. The molecule has 0 amide bonds. The molecule has 0 heterocycles. The van der Waals surface area contributed by atoms with Gasteiger partial charge in [-0.1, -0.05) is 111 Å². The number of hydrogen-bond donors (Lipinski definition) is 0. The Morgan fingerprint density at radius 3 is 1.68 bits per heavy atom. The van der Waals surface area contributed by atoms with Gasteiger partial charge < -0.3 is 0 Å². The van der Waals surface area contributed by atoms with E-state index in [-0.39, 0.29) is 0 Å². The van der Waals surface area contributed by atoms with Crippen molar-refractivity contribution in [1.82, 2.24) is 0 Å². The van der Waals surface area contributed by atoms with Crippen molar-refractivity contribution in [3.8, 4) is 0 Å². The molecule has 0 saturated heterocycles. The largest absolute Gasteiger partial charge is 0.0654 e. The fraction of sp³-hybridized carbons (Fsp3) is 1.00. The van der Waals surface area contributed by atoms with Crippen LogP contribution in [0.4, 0.5) is 0 Å². The Morgan fingerprint density at radius 1 is 0.526 bits per heavy atom. The molecule has 0 aromatic rings. The molecule has 0 rings (SSSR count). The average molecular weight is 269 g/mol. The van der Waals surface area contributed by atoms with Gasteiger partial charge in [-0.3, -0.25) is 0 Å². The summed E-state index contributed by atoms with van der Waals surface area (Å²) in [4.78, 5) is 0. The maximum Gasteiger partial charge on any atom is -0.0414 e. The van der Waals surface area contributed by atoms with E-state index in [1.165, 1.54) is 83.5 Å². The molecule has 2 unspecified atom stereocenters. The van der Waals surface area contributed by atoms with Crippen LogP contribution in [0.2, 0.25) is 0 Å². The van der Waals surface area contributed by atoms with Crippen LogP contribution < -0.4 is 0 Å². The van der Waals surface area contributed by atoms with Crippen molar-refractivity contribution in [2.45, 2.75) is 111 Å². The molecule has 0 aromatic heterocycles. The Kier molecular flexibility index (Phi) is 14.4. The zero-order valence-electron chi connectivity index (χ0n) is 14.3. The lowest BCUT2D eigenvalue weighted by Gasteiger charge is -2.15. The quantitative estimate of drug-likeness (QED) is 0.288. The minimum Gasteiger partial charge on any atom is -0.0654 e. The highest BCUT2D eigenvalue weighted by Gasteiger charge is 2.07. The third-order valence-corrected chi connectivity index (χ3v) is 4.50. The maximum atomic E-state index is 2.42. The molecule has 0 saturated carbocycles. The molecule has 0 heteroatoms. The van der Waals surface area contributed by atoms with E-state index >= 15 is 0 Å². The second-order valence-electron chi connectivity index (χ2n) is 6.68. The summed E-state index contributed by atoms with van der Waals surface area (Å²) in [5, 5.41) is 0. The first-order valence-electron chi connectivity index (χ1n) is 9.24. The number of hydrogen-bond acceptors (Lipinski definition) is 0. The lowest BCUT2D eigenvalue weighted by molar-refractivity contribution is 0.379. The first-order chi connectivity index (χ1) is 9.24. The molecule has 2 atom stereocenters. The average Bonchev–Trinajstić information content (AvgIpc) is 2.40. The van der Waals surface area contributed by atoms with Gasteiger partial charge in [0.15, 0.2) is 0 Å². The van der Waals surface area contributed by atoms with Gasteiger partial charge in [0.1, 0.15) is 0 Å². The third kappa shape index (κ3) is 12.8. The van der Waals surface area contributed by atoms with Gasteiger partial charge in [-0.25, -0.2) is 0 Å². The highest BCUT2D eigenvalue weighted by atomic mass is 14.1. The summed E-state index contributed by atoms with van der Waals surface area (Å²) in [5.41, 5.74) is 0. The normalized spacial score (nSPS) is 14.5. The molecule has 0 nitrogen and oxygen atoms in total. The first-order valence-corrected chi connectivity index (χ1v) is 9.24. The topological polar surface area (TPSA) is 0 Å². The predicted molar refractivity (Wildman–Crippen MR) is 89.7 cm³/mol. The van der Waals surface area contributed by atoms with Crippen LogP contribution in [-0.4, -0.2) is 0 Å². The Morgan fingerprint density at radius 2 is 1.11 bits per heavy atom. The number of rotatable bonds is 14. The Balaban J connectivity index is 3.43. The van der Waals surface area contributed by atoms with E-state index < -0.39 is 0 Å². The van der Waals surface area contributed by atoms with Crippen LogP contribution in [0, 0.1) is 11.8 Å². The van der Waals surface area contributed by atoms with Crippen LogP contribution in [0.25, 0.3) is 0 Å². The van der Waals surface area contributed by atoms with E-state index in [1.54, 1.807) is 0 Å². The van der Waals surface area contributed by atoms with E-state index in [0.717, 1.165) is 11.8 Å². The monoisotopic (exact) mass is 268 g/mol. The van der Waals surface area contributed by atoms with Crippen molar-refractivity contribution in [1.29, 1.82) is 0 Å². The summed E-state index contributed by atoms with van der Waals surface area (Å²) >= 11 is 0.